The Labute approximate surface area is 161 Å². The van der Waals surface area contributed by atoms with Crippen molar-refractivity contribution in [2.75, 3.05) is 6.61 Å². The lowest BCUT2D eigenvalue weighted by atomic mass is 9.95. The van der Waals surface area contributed by atoms with Gasteiger partial charge in [0.05, 0.1) is 19.1 Å². The molecule has 0 fully saturated rings. The molecule has 0 aliphatic heterocycles. The van der Waals surface area contributed by atoms with E-state index < -0.39 is 6.10 Å². The molecule has 2 aromatic carbocycles. The molecule has 4 nitrogen and oxygen atoms in total. The maximum Gasteiger partial charge on any atom is 0.306 e. The third kappa shape index (κ3) is 6.57. The maximum atomic E-state index is 11.8. The van der Waals surface area contributed by atoms with E-state index >= 15 is 0 Å². The summed E-state index contributed by atoms with van der Waals surface area (Å²) in [5.41, 5.74) is 2.98. The fraction of sp³-hybridized carbons (Fsp3) is 0.348. The molecule has 4 heteroatoms. The van der Waals surface area contributed by atoms with Crippen molar-refractivity contribution >= 4 is 5.97 Å². The van der Waals surface area contributed by atoms with Gasteiger partial charge in [-0.3, -0.25) is 4.79 Å². The number of ether oxygens (including phenoxy) is 2. The first-order valence-corrected chi connectivity index (χ1v) is 9.31. The van der Waals surface area contributed by atoms with Crippen LogP contribution >= 0.6 is 0 Å². The summed E-state index contributed by atoms with van der Waals surface area (Å²) in [5, 5.41) is 9.55. The molecule has 0 aromatic heterocycles. The Morgan fingerprint density at radius 1 is 1.07 bits per heavy atom. The Kier molecular flexibility index (Phi) is 8.08. The number of esters is 1. The van der Waals surface area contributed by atoms with Crippen molar-refractivity contribution in [1.82, 2.24) is 0 Å². The molecule has 0 aliphatic carbocycles. The first-order chi connectivity index (χ1) is 13.0. The lowest BCUT2D eigenvalue weighted by Crippen LogP contribution is -2.09. The van der Waals surface area contributed by atoms with E-state index in [2.05, 4.69) is 0 Å². The largest absolute Gasteiger partial charge is 0.489 e. The lowest BCUT2D eigenvalue weighted by molar-refractivity contribution is -0.143. The predicted molar refractivity (Wildman–Crippen MR) is 107 cm³/mol. The van der Waals surface area contributed by atoms with Crippen LogP contribution in [0.4, 0.5) is 0 Å². The highest BCUT2D eigenvalue weighted by Gasteiger charge is 2.14. The topological polar surface area (TPSA) is 55.8 Å². The van der Waals surface area contributed by atoms with E-state index in [0.717, 1.165) is 22.4 Å². The molecule has 27 heavy (non-hydrogen) atoms. The summed E-state index contributed by atoms with van der Waals surface area (Å²) in [7, 11) is 0. The van der Waals surface area contributed by atoms with Gasteiger partial charge in [-0.15, -0.1) is 0 Å². The van der Waals surface area contributed by atoms with Gasteiger partial charge < -0.3 is 14.6 Å². The Morgan fingerprint density at radius 3 is 2.26 bits per heavy atom. The van der Waals surface area contributed by atoms with Gasteiger partial charge in [-0.25, -0.2) is 0 Å². The molecule has 2 rings (SSSR count). The number of rotatable bonds is 9. The number of aliphatic hydroxyl groups is 1. The van der Waals surface area contributed by atoms with Gasteiger partial charge in [0, 0.05) is 5.92 Å². The zero-order valence-electron chi connectivity index (χ0n) is 16.2. The van der Waals surface area contributed by atoms with Crippen molar-refractivity contribution in [3.63, 3.8) is 0 Å². The average Bonchev–Trinajstić information content (AvgIpc) is 2.67. The molecule has 0 spiro atoms. The van der Waals surface area contributed by atoms with Crippen LogP contribution in [0.1, 0.15) is 55.9 Å². The minimum atomic E-state index is -0.466. The quantitative estimate of drug-likeness (QED) is 0.503. The van der Waals surface area contributed by atoms with Gasteiger partial charge in [0.25, 0.3) is 0 Å². The molecule has 0 saturated heterocycles. The van der Waals surface area contributed by atoms with Crippen LogP contribution in [0.3, 0.4) is 0 Å². The predicted octanol–water partition coefficient (Wildman–Crippen LogP) is 4.93. The van der Waals surface area contributed by atoms with Crippen LogP contribution in [0.2, 0.25) is 0 Å². The van der Waals surface area contributed by atoms with Gasteiger partial charge >= 0.3 is 5.97 Å². The molecular formula is C23H28O4. The normalized spacial score (nSPS) is 13.3. The van der Waals surface area contributed by atoms with E-state index in [4.69, 9.17) is 9.47 Å². The molecule has 2 atom stereocenters. The van der Waals surface area contributed by atoms with Crippen LogP contribution in [0, 0.1) is 0 Å². The fourth-order valence-corrected chi connectivity index (χ4v) is 2.80. The van der Waals surface area contributed by atoms with E-state index in [0.29, 0.717) is 19.6 Å². The van der Waals surface area contributed by atoms with E-state index in [-0.39, 0.29) is 11.9 Å². The number of hydrogen-bond donors (Lipinski definition) is 1. The summed E-state index contributed by atoms with van der Waals surface area (Å²) in [5.74, 6) is 0.575. The second-order valence-corrected chi connectivity index (χ2v) is 6.42. The van der Waals surface area contributed by atoms with Gasteiger partial charge in [-0.1, -0.05) is 48.6 Å². The van der Waals surface area contributed by atoms with Gasteiger partial charge in [0.15, 0.2) is 0 Å². The molecule has 0 bridgehead atoms. The van der Waals surface area contributed by atoms with E-state index in [1.165, 1.54) is 0 Å². The number of carbonyl (C=O) groups excluding carboxylic acids is 1. The molecule has 0 saturated carbocycles. The van der Waals surface area contributed by atoms with Crippen LogP contribution < -0.4 is 4.74 Å². The fourth-order valence-electron chi connectivity index (χ4n) is 2.80. The van der Waals surface area contributed by atoms with Crippen molar-refractivity contribution in [2.45, 2.75) is 45.8 Å². The van der Waals surface area contributed by atoms with Gasteiger partial charge in [0.2, 0.25) is 0 Å². The second kappa shape index (κ2) is 10.5. The molecule has 2 aromatic rings. The standard InChI is InChI=1S/C23H28O4/c1-4-6-21(15-23(25)26-5-2)20-11-13-22(14-12-20)27-16-18-7-9-19(10-8-18)17(3)24/h4,6-14,17,21,24H,5,15-16H2,1-3H3/t17?,21-/m1/s1. The Hall–Kier alpha value is -2.59. The highest BCUT2D eigenvalue weighted by atomic mass is 16.5. The summed E-state index contributed by atoms with van der Waals surface area (Å²) in [6.07, 6.45) is 3.82. The van der Waals surface area contributed by atoms with Gasteiger partial charge in [0.1, 0.15) is 12.4 Å². The smallest absolute Gasteiger partial charge is 0.306 e. The number of hydrogen-bond acceptors (Lipinski definition) is 4. The minimum absolute atomic E-state index is 0.00360. The number of carbonyl (C=O) groups is 1. The van der Waals surface area contributed by atoms with E-state index in [1.54, 1.807) is 6.92 Å². The van der Waals surface area contributed by atoms with Crippen molar-refractivity contribution in [1.29, 1.82) is 0 Å². The number of benzene rings is 2. The number of aliphatic hydroxyl groups excluding tert-OH is 1. The molecule has 0 aliphatic rings. The van der Waals surface area contributed by atoms with Crippen LogP contribution in [0.15, 0.2) is 60.7 Å². The second-order valence-electron chi connectivity index (χ2n) is 6.42. The van der Waals surface area contributed by atoms with Gasteiger partial charge in [-0.05, 0) is 49.6 Å². The summed E-state index contributed by atoms with van der Waals surface area (Å²) in [6.45, 7) is 6.36. The monoisotopic (exact) mass is 368 g/mol. The first-order valence-electron chi connectivity index (χ1n) is 9.31. The van der Waals surface area contributed by atoms with Crippen molar-refractivity contribution in [3.05, 3.63) is 77.4 Å². The molecule has 0 heterocycles. The zero-order chi connectivity index (χ0) is 19.6. The molecular weight excluding hydrogens is 340 g/mol. The summed E-state index contributed by atoms with van der Waals surface area (Å²) in [4.78, 5) is 11.8. The van der Waals surface area contributed by atoms with Crippen LogP contribution in [0.25, 0.3) is 0 Å². The molecule has 1 unspecified atom stereocenters. The van der Waals surface area contributed by atoms with Crippen LogP contribution in [0.5, 0.6) is 5.75 Å². The average molecular weight is 368 g/mol. The summed E-state index contributed by atoms with van der Waals surface area (Å²) in [6, 6.07) is 15.5. The molecule has 144 valence electrons. The SMILES string of the molecule is CC=C[C@H](CC(=O)OCC)c1ccc(OCc2ccc(C(C)O)cc2)cc1. The lowest BCUT2D eigenvalue weighted by Gasteiger charge is -2.14. The third-order valence-electron chi connectivity index (χ3n) is 4.29. The van der Waals surface area contributed by atoms with E-state index in [1.807, 2.05) is 74.5 Å². The third-order valence-corrected chi connectivity index (χ3v) is 4.29. The Morgan fingerprint density at radius 2 is 1.70 bits per heavy atom. The van der Waals surface area contributed by atoms with Crippen molar-refractivity contribution in [3.8, 4) is 5.75 Å². The van der Waals surface area contributed by atoms with Crippen molar-refractivity contribution in [2.24, 2.45) is 0 Å². The minimum Gasteiger partial charge on any atom is -0.489 e. The summed E-state index contributed by atoms with van der Waals surface area (Å²) < 4.78 is 10.9. The molecule has 1 N–H and O–H groups in total. The maximum absolute atomic E-state index is 11.8. The Bertz CT molecular complexity index is 730. The van der Waals surface area contributed by atoms with Crippen LogP contribution in [-0.2, 0) is 16.1 Å². The van der Waals surface area contributed by atoms with Crippen LogP contribution in [-0.4, -0.2) is 17.7 Å². The van der Waals surface area contributed by atoms with Crippen molar-refractivity contribution < 1.29 is 19.4 Å². The Balaban J connectivity index is 1.97. The van der Waals surface area contributed by atoms with E-state index in [9.17, 15) is 9.90 Å². The zero-order valence-corrected chi connectivity index (χ0v) is 16.2. The highest BCUT2D eigenvalue weighted by molar-refractivity contribution is 5.71. The number of allylic oxidation sites excluding steroid dienone is 2. The summed E-state index contributed by atoms with van der Waals surface area (Å²) >= 11 is 0. The molecule has 0 amide bonds. The van der Waals surface area contributed by atoms with Gasteiger partial charge in [-0.2, -0.15) is 0 Å². The first kappa shape index (κ1) is 20.7. The molecule has 0 radical (unpaired) electrons. The highest BCUT2D eigenvalue weighted by Crippen LogP contribution is 2.25.